The van der Waals surface area contributed by atoms with Gasteiger partial charge in [0.2, 0.25) is 0 Å². The van der Waals surface area contributed by atoms with Crippen LogP contribution in [0.15, 0.2) is 155 Å². The van der Waals surface area contributed by atoms with Crippen molar-refractivity contribution in [3.63, 3.8) is 0 Å². The van der Waals surface area contributed by atoms with Gasteiger partial charge in [-0.15, -0.1) is 13.2 Å². The third-order valence-corrected chi connectivity index (χ3v) is 11.8. The molecule has 0 aromatic heterocycles. The minimum Gasteiger partial charge on any atom is -0.478 e. The second-order valence-electron chi connectivity index (χ2n) is 13.7. The Balaban J connectivity index is 0.000000238. The molecule has 0 saturated carbocycles. The molecule has 11 nitrogen and oxygen atoms in total. The summed E-state index contributed by atoms with van der Waals surface area (Å²) in [5.74, 6) is -2.53. The van der Waals surface area contributed by atoms with Crippen molar-refractivity contribution in [1.29, 1.82) is 0 Å². The lowest BCUT2D eigenvalue weighted by Crippen LogP contribution is -2.17. The number of hydrogen-bond donors (Lipinski definition) is 4. The number of alkyl halides is 6. The van der Waals surface area contributed by atoms with E-state index in [1.54, 1.807) is 60.7 Å². The number of sulfonamides is 2. The van der Waals surface area contributed by atoms with Gasteiger partial charge in [0.1, 0.15) is 5.75 Å². The highest BCUT2D eigenvalue weighted by atomic mass is 32.2. The van der Waals surface area contributed by atoms with Gasteiger partial charge in [0.15, 0.2) is 0 Å². The predicted octanol–water partition coefficient (Wildman–Crippen LogP) is 9.86. The fourth-order valence-electron chi connectivity index (χ4n) is 5.87. The van der Waals surface area contributed by atoms with Crippen LogP contribution in [-0.2, 0) is 51.9 Å². The van der Waals surface area contributed by atoms with Gasteiger partial charge in [0.05, 0.1) is 26.5 Å². The summed E-state index contributed by atoms with van der Waals surface area (Å²) in [5, 5.41) is 17.9. The van der Waals surface area contributed by atoms with Gasteiger partial charge in [-0.1, -0.05) is 54.6 Å². The van der Waals surface area contributed by atoms with E-state index in [1.165, 1.54) is 30.3 Å². The SMILES string of the molecule is O=C(O)c1ccc(CCc2cccc(NS(=O)(=O)c3ccc(OC(F)(F)F)cc3)c2)cc1.O=C(O)c1ccc(CCc2cccc(NS(=O)(=O)c3cccc(C(F)(F)F)c3)c2)cc1. The van der Waals surface area contributed by atoms with Crippen LogP contribution in [0.25, 0.3) is 0 Å². The van der Waals surface area contributed by atoms with Crippen molar-refractivity contribution in [1.82, 2.24) is 0 Å². The topological polar surface area (TPSA) is 176 Å². The number of carboxylic acids is 2. The summed E-state index contributed by atoms with van der Waals surface area (Å²) in [7, 11) is -8.21. The first-order valence-corrected chi connectivity index (χ1v) is 21.4. The number of rotatable bonds is 15. The third kappa shape index (κ3) is 14.4. The highest BCUT2D eigenvalue weighted by Crippen LogP contribution is 2.31. The van der Waals surface area contributed by atoms with Gasteiger partial charge in [-0.3, -0.25) is 9.44 Å². The quantitative estimate of drug-likeness (QED) is 0.0731. The van der Waals surface area contributed by atoms with Crippen molar-refractivity contribution in [3.8, 4) is 5.75 Å². The van der Waals surface area contributed by atoms with E-state index in [2.05, 4.69) is 14.2 Å². The lowest BCUT2D eigenvalue weighted by atomic mass is 10.0. The van der Waals surface area contributed by atoms with Gasteiger partial charge < -0.3 is 14.9 Å². The van der Waals surface area contributed by atoms with E-state index in [9.17, 15) is 52.8 Å². The van der Waals surface area contributed by atoms with Gasteiger partial charge in [-0.05, 0) is 139 Å². The van der Waals surface area contributed by atoms with E-state index in [4.69, 9.17) is 10.2 Å². The van der Waals surface area contributed by atoms with Gasteiger partial charge in [0, 0.05) is 11.4 Å². The van der Waals surface area contributed by atoms with Crippen LogP contribution in [0.3, 0.4) is 0 Å². The first-order chi connectivity index (χ1) is 29.6. The Labute approximate surface area is 357 Å². The first kappa shape index (κ1) is 47.2. The average Bonchev–Trinajstić information content (AvgIpc) is 3.22. The number of carbonyl (C=O) groups is 2. The second kappa shape index (κ2) is 19.9. The van der Waals surface area contributed by atoms with Crippen LogP contribution in [-0.4, -0.2) is 45.3 Å². The number of aromatic carboxylic acids is 2. The maximum atomic E-state index is 12.9. The maximum Gasteiger partial charge on any atom is 0.573 e. The minimum absolute atomic E-state index is 0.190. The van der Waals surface area contributed by atoms with Crippen LogP contribution in [0.1, 0.15) is 48.5 Å². The Bertz CT molecular complexity index is 2760. The number of aryl methyl sites for hydroxylation is 4. The first-order valence-electron chi connectivity index (χ1n) is 18.5. The number of hydrogen-bond acceptors (Lipinski definition) is 7. The summed E-state index contributed by atoms with van der Waals surface area (Å²) >= 11 is 0. The molecule has 19 heteroatoms. The van der Waals surface area contributed by atoms with E-state index in [0.717, 1.165) is 64.7 Å². The summed E-state index contributed by atoms with van der Waals surface area (Å²) in [6, 6.07) is 33.7. The number of anilines is 2. The summed E-state index contributed by atoms with van der Waals surface area (Å²) in [6.07, 6.45) is -7.14. The van der Waals surface area contributed by atoms with Crippen LogP contribution < -0.4 is 14.2 Å². The fraction of sp³-hybridized carbons (Fsp3) is 0.136. The summed E-state index contributed by atoms with van der Waals surface area (Å²) in [4.78, 5) is 21.1. The number of carboxylic acid groups (broad SMARTS) is 2. The van der Waals surface area contributed by atoms with E-state index >= 15 is 0 Å². The molecule has 4 N–H and O–H groups in total. The van der Waals surface area contributed by atoms with E-state index in [0.29, 0.717) is 37.4 Å². The number of halogens is 6. The molecular formula is C44H36F6N2O9S2. The molecule has 0 saturated heterocycles. The van der Waals surface area contributed by atoms with Gasteiger partial charge in [-0.25, -0.2) is 26.4 Å². The molecule has 63 heavy (non-hydrogen) atoms. The van der Waals surface area contributed by atoms with Crippen LogP contribution in [0.2, 0.25) is 0 Å². The zero-order valence-electron chi connectivity index (χ0n) is 32.5. The Morgan fingerprint density at radius 1 is 0.492 bits per heavy atom. The maximum absolute atomic E-state index is 12.9. The third-order valence-electron chi connectivity index (χ3n) is 9.00. The summed E-state index contributed by atoms with van der Waals surface area (Å²) in [5.41, 5.74) is 3.39. The molecular weight excluding hydrogens is 879 g/mol. The molecule has 0 spiro atoms. The van der Waals surface area contributed by atoms with Crippen molar-refractivity contribution < 1.29 is 67.7 Å². The fourth-order valence-corrected chi connectivity index (χ4v) is 8.02. The molecule has 0 atom stereocenters. The van der Waals surface area contributed by atoms with Gasteiger partial charge in [0.25, 0.3) is 20.0 Å². The smallest absolute Gasteiger partial charge is 0.478 e. The molecule has 6 aromatic carbocycles. The highest BCUT2D eigenvalue weighted by Gasteiger charge is 2.32. The normalized spacial score (nSPS) is 11.8. The zero-order valence-corrected chi connectivity index (χ0v) is 34.2. The van der Waals surface area contributed by atoms with Gasteiger partial charge >= 0.3 is 24.5 Å². The van der Waals surface area contributed by atoms with E-state index < -0.39 is 60.7 Å². The molecule has 0 aliphatic rings. The molecule has 0 amide bonds. The minimum atomic E-state index is -4.86. The largest absolute Gasteiger partial charge is 0.573 e. The van der Waals surface area contributed by atoms with E-state index in [-0.39, 0.29) is 21.7 Å². The van der Waals surface area contributed by atoms with Gasteiger partial charge in [-0.2, -0.15) is 13.2 Å². The molecule has 0 fully saturated rings. The Morgan fingerprint density at radius 2 is 0.905 bits per heavy atom. The molecule has 6 rings (SSSR count). The molecule has 330 valence electrons. The molecule has 0 aliphatic carbocycles. The number of benzene rings is 6. The highest BCUT2D eigenvalue weighted by molar-refractivity contribution is 7.93. The molecule has 0 unspecified atom stereocenters. The summed E-state index contributed by atoms with van der Waals surface area (Å²) in [6.45, 7) is 0. The molecule has 0 bridgehead atoms. The van der Waals surface area contributed by atoms with Crippen molar-refractivity contribution in [2.75, 3.05) is 9.44 Å². The van der Waals surface area contributed by atoms with Crippen LogP contribution in [0.5, 0.6) is 5.75 Å². The molecule has 0 aliphatic heterocycles. The zero-order chi connectivity index (χ0) is 46.0. The van der Waals surface area contributed by atoms with Crippen LogP contribution in [0, 0.1) is 0 Å². The molecule has 0 heterocycles. The number of nitrogens with one attached hydrogen (secondary N) is 2. The Morgan fingerprint density at radius 3 is 1.32 bits per heavy atom. The van der Waals surface area contributed by atoms with Crippen molar-refractivity contribution in [2.24, 2.45) is 0 Å². The van der Waals surface area contributed by atoms with Crippen molar-refractivity contribution in [2.45, 2.75) is 48.0 Å². The van der Waals surface area contributed by atoms with Crippen molar-refractivity contribution in [3.05, 3.63) is 185 Å². The average molecular weight is 915 g/mol. The Kier molecular flexibility index (Phi) is 14.9. The lowest BCUT2D eigenvalue weighted by molar-refractivity contribution is -0.274. The van der Waals surface area contributed by atoms with Crippen molar-refractivity contribution >= 4 is 43.4 Å². The molecule has 6 aromatic rings. The van der Waals surface area contributed by atoms with Crippen LogP contribution in [0.4, 0.5) is 37.7 Å². The standard InChI is InChI=1S/C22H18F3NO5S.C22H18F3NO4S/c23-22(24,25)31-19-10-12-20(13-11-19)32(29,30)26-18-3-1-2-16(14-18)5-4-15-6-8-17(9-7-15)21(27)28;23-22(24,25)18-4-2-6-20(14-18)31(29,30)26-19-5-1-3-16(13-19)8-7-15-9-11-17(12-10-15)21(27)28/h1-3,6-14,26H,4-5H2,(H,27,28);1-6,9-14,26H,7-8H2,(H,27,28). The number of ether oxygens (including phenoxy) is 1. The van der Waals surface area contributed by atoms with E-state index in [1.807, 2.05) is 6.07 Å². The monoisotopic (exact) mass is 914 g/mol. The van der Waals surface area contributed by atoms with Crippen LogP contribution >= 0.6 is 0 Å². The second-order valence-corrected chi connectivity index (χ2v) is 17.0. The Hall–Kier alpha value is -6.86. The summed E-state index contributed by atoms with van der Waals surface area (Å²) < 4.78 is 134. The lowest BCUT2D eigenvalue weighted by Gasteiger charge is -2.12. The predicted molar refractivity (Wildman–Crippen MR) is 221 cm³/mol. The molecule has 0 radical (unpaired) electrons.